The SMILES string of the molecule is CCCCNC(=O)c1ccc(C)cc1.CC[C@H](NC(=O)COCCOCCCC(=O)CC[C@H](NC(=O)CC[C@H](CC(=O)CCCS(=O)(=O)CC(=O)CCCC1=NN=NC1)C(=O)O)C(=O)O)C(N)=O. The summed E-state index contributed by atoms with van der Waals surface area (Å²) in [5.41, 5.74) is 7.79. The number of aryl methyl sites for hydroxylation is 1. The third-order valence-corrected chi connectivity index (χ3v) is 11.8. The van der Waals surface area contributed by atoms with Crippen LogP contribution in [0, 0.1) is 12.8 Å². The minimum Gasteiger partial charge on any atom is -0.481 e. The Kier molecular flexibility index (Phi) is 30.5. The Hall–Kier alpha value is -5.81. The van der Waals surface area contributed by atoms with E-state index in [1.54, 1.807) is 6.92 Å². The van der Waals surface area contributed by atoms with Gasteiger partial charge in [-0.1, -0.05) is 38.0 Å². The molecule has 0 spiro atoms. The van der Waals surface area contributed by atoms with Crippen LogP contribution in [0.4, 0.5) is 0 Å². The second kappa shape index (κ2) is 34.5. The highest BCUT2D eigenvalue weighted by molar-refractivity contribution is 7.92. The van der Waals surface area contributed by atoms with Crippen molar-refractivity contribution >= 4 is 68.5 Å². The fourth-order valence-corrected chi connectivity index (χ4v) is 7.60. The van der Waals surface area contributed by atoms with Crippen LogP contribution in [-0.4, -0.2) is 140 Å². The number of unbranched alkanes of at least 4 members (excludes halogenated alkanes) is 1. The first-order valence-electron chi connectivity index (χ1n) is 22.8. The zero-order valence-electron chi connectivity index (χ0n) is 39.3. The molecule has 0 aromatic heterocycles. The fourth-order valence-electron chi connectivity index (χ4n) is 6.24. The second-order valence-electron chi connectivity index (χ2n) is 16.2. The molecule has 68 heavy (non-hydrogen) atoms. The topological polar surface area (TPSA) is 346 Å². The summed E-state index contributed by atoms with van der Waals surface area (Å²) in [6, 6.07) is 5.43. The molecule has 22 nitrogen and oxygen atoms in total. The lowest BCUT2D eigenvalue weighted by molar-refractivity contribution is -0.145. The number of hydrogen-bond acceptors (Lipinski definition) is 16. The number of amides is 4. The molecule has 1 aromatic rings. The number of nitrogens with two attached hydrogens (primary N) is 1. The van der Waals surface area contributed by atoms with Gasteiger partial charge in [0.05, 0.1) is 30.6 Å². The first kappa shape index (κ1) is 60.2. The van der Waals surface area contributed by atoms with Crippen LogP contribution < -0.4 is 21.7 Å². The fraction of sp³-hybridized carbons (Fsp3) is 0.644. The van der Waals surface area contributed by atoms with Crippen molar-refractivity contribution in [3.8, 4) is 0 Å². The third kappa shape index (κ3) is 29.1. The summed E-state index contributed by atoms with van der Waals surface area (Å²) in [6.07, 6.45) is 1.96. The second-order valence-corrected chi connectivity index (χ2v) is 18.4. The van der Waals surface area contributed by atoms with Crippen molar-refractivity contribution in [2.24, 2.45) is 27.1 Å². The van der Waals surface area contributed by atoms with Crippen molar-refractivity contribution in [2.75, 3.05) is 51.0 Å². The summed E-state index contributed by atoms with van der Waals surface area (Å²) >= 11 is 0. The molecule has 380 valence electrons. The number of carbonyl (C=O) groups is 9. The van der Waals surface area contributed by atoms with Gasteiger partial charge in [0.2, 0.25) is 17.7 Å². The van der Waals surface area contributed by atoms with Gasteiger partial charge in [-0.2, -0.15) is 5.11 Å². The number of carboxylic acids is 2. The lowest BCUT2D eigenvalue weighted by Gasteiger charge is -2.16. The van der Waals surface area contributed by atoms with Gasteiger partial charge in [0.1, 0.15) is 48.3 Å². The Labute approximate surface area is 397 Å². The van der Waals surface area contributed by atoms with E-state index >= 15 is 0 Å². The number of sulfone groups is 1. The van der Waals surface area contributed by atoms with Crippen molar-refractivity contribution in [2.45, 2.75) is 129 Å². The van der Waals surface area contributed by atoms with Gasteiger partial charge in [0.25, 0.3) is 5.91 Å². The quantitative estimate of drug-likeness (QED) is 0.0522. The van der Waals surface area contributed by atoms with Crippen molar-refractivity contribution in [1.82, 2.24) is 16.0 Å². The molecule has 0 bridgehead atoms. The van der Waals surface area contributed by atoms with E-state index in [0.717, 1.165) is 24.9 Å². The molecule has 1 heterocycles. The van der Waals surface area contributed by atoms with Crippen molar-refractivity contribution in [1.29, 1.82) is 0 Å². The number of rotatable bonds is 37. The number of ketones is 3. The summed E-state index contributed by atoms with van der Waals surface area (Å²) in [7, 11) is -3.78. The van der Waals surface area contributed by atoms with E-state index in [1.807, 2.05) is 31.2 Å². The average molecular weight is 980 g/mol. The standard InChI is InChI=1S/C33H52N6O14S.C12H17NO/c1-2-27(31(34)45)36-30(44)20-53-16-15-52-14-4-8-24(40)11-12-28(33(48)49)37-29(43)13-10-22(32(46)47)18-25(41)9-5-17-54(50,51)21-26(42)7-3-6-23-19-35-39-38-23;1-3-4-9-13-12(14)11-7-5-10(2)6-8-11/h22,27-28H,2-21H2,1H3,(H2,34,45)(H,36,44)(H,37,43)(H,46,47)(H,48,49);5-8H,3-4,9H2,1-2H3,(H,13,14)/t22-,27+,28+;/m1./s1. The van der Waals surface area contributed by atoms with Crippen LogP contribution in [-0.2, 0) is 57.7 Å². The Balaban J connectivity index is 0.00000140. The number of benzene rings is 1. The Morgan fingerprint density at radius 3 is 2.03 bits per heavy atom. The first-order chi connectivity index (χ1) is 32.3. The molecule has 1 aliphatic rings. The summed E-state index contributed by atoms with van der Waals surface area (Å²) in [4.78, 5) is 107. The molecular formula is C45H69N7O15S. The van der Waals surface area contributed by atoms with Gasteiger partial charge >= 0.3 is 11.9 Å². The monoisotopic (exact) mass is 979 g/mol. The molecule has 0 aliphatic carbocycles. The number of ether oxygens (including phenoxy) is 2. The predicted molar refractivity (Wildman–Crippen MR) is 248 cm³/mol. The van der Waals surface area contributed by atoms with Crippen molar-refractivity contribution < 1.29 is 71.3 Å². The van der Waals surface area contributed by atoms with Crippen molar-refractivity contribution in [3.05, 3.63) is 35.4 Å². The molecule has 0 radical (unpaired) electrons. The van der Waals surface area contributed by atoms with Crippen LogP contribution in [0.1, 0.15) is 126 Å². The molecular weight excluding hydrogens is 911 g/mol. The molecule has 0 unspecified atom stereocenters. The van der Waals surface area contributed by atoms with Crippen LogP contribution in [0.15, 0.2) is 39.7 Å². The van der Waals surface area contributed by atoms with Gasteiger partial charge < -0.3 is 41.4 Å². The van der Waals surface area contributed by atoms with Crippen LogP contribution >= 0.6 is 0 Å². The molecule has 7 N–H and O–H groups in total. The van der Waals surface area contributed by atoms with Crippen LogP contribution in [0.2, 0.25) is 0 Å². The maximum absolute atomic E-state index is 12.4. The minimum absolute atomic E-state index is 0.0263. The Morgan fingerprint density at radius 2 is 1.41 bits per heavy atom. The van der Waals surface area contributed by atoms with Gasteiger partial charge in [-0.25, -0.2) is 13.2 Å². The third-order valence-electron chi connectivity index (χ3n) is 10.2. The Bertz CT molecular complexity index is 1990. The summed E-state index contributed by atoms with van der Waals surface area (Å²) in [5, 5.41) is 37.6. The Morgan fingerprint density at radius 1 is 0.750 bits per heavy atom. The summed E-state index contributed by atoms with van der Waals surface area (Å²) in [6.45, 7) is 7.08. The zero-order chi connectivity index (χ0) is 50.9. The molecule has 23 heteroatoms. The molecule has 2 rings (SSSR count). The van der Waals surface area contributed by atoms with Gasteiger partial charge in [-0.15, -0.1) is 5.10 Å². The highest BCUT2D eigenvalue weighted by Gasteiger charge is 2.26. The number of carboxylic acid groups (broad SMARTS) is 2. The highest BCUT2D eigenvalue weighted by atomic mass is 32.2. The maximum atomic E-state index is 12.4. The van der Waals surface area contributed by atoms with Gasteiger partial charge in [-0.3, -0.25) is 38.4 Å². The van der Waals surface area contributed by atoms with Crippen LogP contribution in [0.3, 0.4) is 0 Å². The number of aliphatic carboxylic acids is 2. The molecule has 0 fully saturated rings. The van der Waals surface area contributed by atoms with Gasteiger partial charge in [0, 0.05) is 57.2 Å². The van der Waals surface area contributed by atoms with E-state index in [2.05, 4.69) is 38.3 Å². The van der Waals surface area contributed by atoms with E-state index in [0.29, 0.717) is 37.9 Å². The lowest BCUT2D eigenvalue weighted by atomic mass is 9.95. The molecule has 0 saturated heterocycles. The molecule has 3 atom stereocenters. The number of hydrogen-bond donors (Lipinski definition) is 6. The van der Waals surface area contributed by atoms with E-state index < -0.39 is 93.4 Å². The van der Waals surface area contributed by atoms with E-state index in [1.165, 1.54) is 5.56 Å². The number of nitrogens with zero attached hydrogens (tertiary/aromatic N) is 3. The largest absolute Gasteiger partial charge is 0.481 e. The van der Waals surface area contributed by atoms with E-state index in [4.69, 9.17) is 15.2 Å². The maximum Gasteiger partial charge on any atom is 0.326 e. The van der Waals surface area contributed by atoms with Crippen molar-refractivity contribution in [3.63, 3.8) is 0 Å². The number of nitrogens with one attached hydrogen (secondary N) is 3. The smallest absolute Gasteiger partial charge is 0.326 e. The normalized spacial score (nSPS) is 13.2. The van der Waals surface area contributed by atoms with Crippen LogP contribution in [0.25, 0.3) is 0 Å². The molecule has 1 aromatic carbocycles. The van der Waals surface area contributed by atoms with E-state index in [-0.39, 0.29) is 83.1 Å². The number of Topliss-reactive ketones (excluding diaryl/α,β-unsaturated/α-hetero) is 3. The van der Waals surface area contributed by atoms with Crippen LogP contribution in [0.5, 0.6) is 0 Å². The first-order valence-corrected chi connectivity index (χ1v) is 24.6. The van der Waals surface area contributed by atoms with E-state index in [9.17, 15) is 61.8 Å². The molecule has 4 amide bonds. The molecule has 0 saturated carbocycles. The number of carbonyl (C=O) groups excluding carboxylic acids is 7. The predicted octanol–water partition coefficient (Wildman–Crippen LogP) is 2.82. The van der Waals surface area contributed by atoms with Gasteiger partial charge in [0.15, 0.2) is 9.84 Å². The zero-order valence-corrected chi connectivity index (χ0v) is 40.2. The summed E-state index contributed by atoms with van der Waals surface area (Å²) in [5.74, 6) is -8.29. The number of primary amides is 1. The lowest BCUT2D eigenvalue weighted by Crippen LogP contribution is -2.45. The highest BCUT2D eigenvalue weighted by Crippen LogP contribution is 2.16. The molecule has 1 aliphatic heterocycles. The average Bonchev–Trinajstić information content (AvgIpc) is 3.80. The minimum atomic E-state index is -3.78. The summed E-state index contributed by atoms with van der Waals surface area (Å²) < 4.78 is 35.1. The van der Waals surface area contributed by atoms with Gasteiger partial charge in [-0.05, 0) is 75.6 Å².